The molecule has 1 aliphatic heterocycles. The summed E-state index contributed by atoms with van der Waals surface area (Å²) in [6.45, 7) is 7.13. The summed E-state index contributed by atoms with van der Waals surface area (Å²) in [4.78, 5) is 17.8. The van der Waals surface area contributed by atoms with Crippen LogP contribution in [0.5, 0.6) is 0 Å². The van der Waals surface area contributed by atoms with E-state index in [4.69, 9.17) is 0 Å². The highest BCUT2D eigenvalue weighted by atomic mass is 32.2. The van der Waals surface area contributed by atoms with Crippen LogP contribution in [0.3, 0.4) is 0 Å². The normalized spacial score (nSPS) is 16.0. The smallest absolute Gasteiger partial charge is 0.280 e. The molecular weight excluding hydrogens is 436 g/mol. The van der Waals surface area contributed by atoms with Gasteiger partial charge in [0.2, 0.25) is 10.0 Å². The molecular formula is C25H30N4O3S. The Kier molecular flexibility index (Phi) is 6.67. The molecule has 1 aromatic heterocycles. The van der Waals surface area contributed by atoms with Crippen molar-refractivity contribution in [3.8, 4) is 5.69 Å². The number of nitrogens with zero attached hydrogens (tertiary/aromatic N) is 3. The van der Waals surface area contributed by atoms with Crippen LogP contribution in [0.25, 0.3) is 5.69 Å². The van der Waals surface area contributed by atoms with Gasteiger partial charge in [-0.2, -0.15) is 4.31 Å². The van der Waals surface area contributed by atoms with E-state index in [2.05, 4.69) is 23.9 Å². The van der Waals surface area contributed by atoms with Gasteiger partial charge in [0.15, 0.2) is 0 Å². The quantitative estimate of drug-likeness (QED) is 0.552. The fraction of sp³-hybridized carbons (Fsp3) is 0.360. The number of hydrogen-bond donors (Lipinski definition) is 1. The Hall–Kier alpha value is -2.97. The Morgan fingerprint density at radius 3 is 2.42 bits per heavy atom. The number of nitrogens with one attached hydrogen (secondary N) is 1. The largest absolute Gasteiger partial charge is 0.295 e. The van der Waals surface area contributed by atoms with Gasteiger partial charge in [0.1, 0.15) is 0 Å². The zero-order valence-corrected chi connectivity index (χ0v) is 20.1. The molecule has 0 bridgehead atoms. The summed E-state index contributed by atoms with van der Waals surface area (Å²) in [5.41, 5.74) is 3.46. The van der Waals surface area contributed by atoms with E-state index >= 15 is 0 Å². The number of benzene rings is 2. The summed E-state index contributed by atoms with van der Waals surface area (Å²) in [6, 6.07) is 14.3. The Morgan fingerprint density at radius 2 is 1.76 bits per heavy atom. The van der Waals surface area contributed by atoms with Gasteiger partial charge in [-0.05, 0) is 68.0 Å². The standard InChI is InChI=1S/C25H30N4O3S/c1-4-20-7-5-6-8-24(20)26-17-23-19(3)27-29(25(23)30)21-9-11-22(12-10-21)33(31,32)28-15-13-18(2)14-16-28/h5-12,17-18,27H,4,13-16H2,1-3H3. The monoisotopic (exact) mass is 466 g/mol. The average molecular weight is 467 g/mol. The van der Waals surface area contributed by atoms with Gasteiger partial charge in [0, 0.05) is 25.0 Å². The van der Waals surface area contributed by atoms with E-state index in [1.54, 1.807) is 34.8 Å². The van der Waals surface area contributed by atoms with Crippen molar-refractivity contribution in [2.75, 3.05) is 13.1 Å². The number of aromatic amines is 1. The van der Waals surface area contributed by atoms with Crippen molar-refractivity contribution in [1.82, 2.24) is 14.1 Å². The van der Waals surface area contributed by atoms with Gasteiger partial charge in [0.05, 0.1) is 21.8 Å². The Bertz CT molecular complexity index is 1310. The molecule has 1 fully saturated rings. The summed E-state index contributed by atoms with van der Waals surface area (Å²) in [6.07, 6.45) is 4.20. The van der Waals surface area contributed by atoms with Crippen LogP contribution in [-0.2, 0) is 16.4 Å². The van der Waals surface area contributed by atoms with Crippen LogP contribution in [0.1, 0.15) is 43.5 Å². The third-order valence-electron chi connectivity index (χ3n) is 6.30. The van der Waals surface area contributed by atoms with Crippen LogP contribution in [0.15, 0.2) is 63.2 Å². The molecule has 0 atom stereocenters. The van der Waals surface area contributed by atoms with E-state index in [-0.39, 0.29) is 10.5 Å². The molecule has 2 heterocycles. The molecule has 174 valence electrons. The van der Waals surface area contributed by atoms with E-state index < -0.39 is 10.0 Å². The third-order valence-corrected chi connectivity index (χ3v) is 8.21. The Morgan fingerprint density at radius 1 is 1.09 bits per heavy atom. The molecule has 1 aliphatic rings. The number of aryl methyl sites for hydroxylation is 2. The van der Waals surface area contributed by atoms with E-state index in [0.29, 0.717) is 36.0 Å². The van der Waals surface area contributed by atoms with Gasteiger partial charge in [-0.3, -0.25) is 14.9 Å². The predicted octanol–water partition coefficient (Wildman–Crippen LogP) is 4.21. The van der Waals surface area contributed by atoms with Crippen molar-refractivity contribution in [3.05, 3.63) is 75.7 Å². The van der Waals surface area contributed by atoms with Crippen molar-refractivity contribution < 1.29 is 8.42 Å². The SMILES string of the molecule is CCc1ccccc1N=Cc1c(C)[nH]n(-c2ccc(S(=O)(=O)N3CCC(C)CC3)cc2)c1=O. The second kappa shape index (κ2) is 9.49. The first-order valence-corrected chi connectivity index (χ1v) is 12.8. The second-order valence-electron chi connectivity index (χ2n) is 8.61. The minimum absolute atomic E-state index is 0.231. The third kappa shape index (κ3) is 4.72. The lowest BCUT2D eigenvalue weighted by Gasteiger charge is -2.29. The van der Waals surface area contributed by atoms with Crippen molar-refractivity contribution in [2.45, 2.75) is 44.9 Å². The minimum atomic E-state index is -3.53. The van der Waals surface area contributed by atoms with Gasteiger partial charge < -0.3 is 0 Å². The van der Waals surface area contributed by atoms with Gasteiger partial charge in [-0.15, -0.1) is 0 Å². The Labute approximate surface area is 194 Å². The van der Waals surface area contributed by atoms with Crippen LogP contribution in [0.4, 0.5) is 5.69 Å². The highest BCUT2D eigenvalue weighted by molar-refractivity contribution is 7.89. The highest BCUT2D eigenvalue weighted by Gasteiger charge is 2.28. The first-order chi connectivity index (χ1) is 15.8. The van der Waals surface area contributed by atoms with Gasteiger partial charge in [-0.25, -0.2) is 13.1 Å². The summed E-state index contributed by atoms with van der Waals surface area (Å²) in [7, 11) is -3.53. The molecule has 3 aromatic rings. The molecule has 0 saturated carbocycles. The van der Waals surface area contributed by atoms with Gasteiger partial charge >= 0.3 is 0 Å². The number of sulfonamides is 1. The van der Waals surface area contributed by atoms with E-state index in [9.17, 15) is 13.2 Å². The maximum atomic E-state index is 13.0. The number of piperidine rings is 1. The average Bonchev–Trinajstić information content (AvgIpc) is 3.11. The summed E-state index contributed by atoms with van der Waals surface area (Å²) >= 11 is 0. The van der Waals surface area contributed by atoms with E-state index in [0.717, 1.165) is 30.5 Å². The lowest BCUT2D eigenvalue weighted by Crippen LogP contribution is -2.37. The lowest BCUT2D eigenvalue weighted by atomic mass is 10.0. The van der Waals surface area contributed by atoms with Crippen LogP contribution < -0.4 is 5.56 Å². The minimum Gasteiger partial charge on any atom is -0.295 e. The molecule has 0 aliphatic carbocycles. The van der Waals surface area contributed by atoms with Crippen LogP contribution in [0.2, 0.25) is 0 Å². The number of para-hydroxylation sites is 1. The van der Waals surface area contributed by atoms with E-state index in [1.807, 2.05) is 31.2 Å². The fourth-order valence-electron chi connectivity index (χ4n) is 4.10. The molecule has 7 nitrogen and oxygen atoms in total. The molecule has 1 N–H and O–H groups in total. The van der Waals surface area contributed by atoms with Crippen LogP contribution >= 0.6 is 0 Å². The number of H-pyrrole nitrogens is 1. The van der Waals surface area contributed by atoms with Crippen LogP contribution in [0, 0.1) is 12.8 Å². The molecule has 8 heteroatoms. The number of rotatable bonds is 6. The topological polar surface area (TPSA) is 87.5 Å². The van der Waals surface area contributed by atoms with Crippen molar-refractivity contribution >= 4 is 21.9 Å². The molecule has 0 unspecified atom stereocenters. The summed E-state index contributed by atoms with van der Waals surface area (Å²) in [5.74, 6) is 0.551. The van der Waals surface area contributed by atoms with E-state index in [1.165, 1.54) is 4.68 Å². The predicted molar refractivity (Wildman–Crippen MR) is 131 cm³/mol. The zero-order valence-electron chi connectivity index (χ0n) is 19.3. The molecule has 4 rings (SSSR count). The molecule has 2 aromatic carbocycles. The zero-order chi connectivity index (χ0) is 23.6. The second-order valence-corrected chi connectivity index (χ2v) is 10.5. The maximum Gasteiger partial charge on any atom is 0.280 e. The number of hydrogen-bond acceptors (Lipinski definition) is 4. The summed E-state index contributed by atoms with van der Waals surface area (Å²) < 4.78 is 28.9. The van der Waals surface area contributed by atoms with Crippen LogP contribution in [-0.4, -0.2) is 41.8 Å². The lowest BCUT2D eigenvalue weighted by molar-refractivity contribution is 0.288. The highest BCUT2D eigenvalue weighted by Crippen LogP contribution is 2.24. The number of aromatic nitrogens is 2. The first-order valence-electron chi connectivity index (χ1n) is 11.4. The molecule has 33 heavy (non-hydrogen) atoms. The van der Waals surface area contributed by atoms with Crippen molar-refractivity contribution in [3.63, 3.8) is 0 Å². The maximum absolute atomic E-state index is 13.0. The van der Waals surface area contributed by atoms with Gasteiger partial charge in [-0.1, -0.05) is 32.0 Å². The fourth-order valence-corrected chi connectivity index (χ4v) is 5.57. The molecule has 1 saturated heterocycles. The van der Waals surface area contributed by atoms with Crippen molar-refractivity contribution in [1.29, 1.82) is 0 Å². The Balaban J connectivity index is 1.59. The molecule has 0 amide bonds. The van der Waals surface area contributed by atoms with Crippen molar-refractivity contribution in [2.24, 2.45) is 10.9 Å². The summed E-state index contributed by atoms with van der Waals surface area (Å²) in [5, 5.41) is 3.07. The number of aliphatic imine (C=N–C) groups is 1. The van der Waals surface area contributed by atoms with Gasteiger partial charge in [0.25, 0.3) is 5.56 Å². The first kappa shape index (κ1) is 23.2. The molecule has 0 radical (unpaired) electrons. The molecule has 0 spiro atoms.